The average Bonchev–Trinajstić information content (AvgIpc) is 3.20. The lowest BCUT2D eigenvalue weighted by molar-refractivity contribution is -0.119. The number of rotatable bonds is 7. The normalized spacial score (nSPS) is 16.5. The van der Waals surface area contributed by atoms with Gasteiger partial charge >= 0.3 is 0 Å². The van der Waals surface area contributed by atoms with Crippen molar-refractivity contribution >= 4 is 23.4 Å². The van der Waals surface area contributed by atoms with Crippen molar-refractivity contribution in [2.75, 3.05) is 22.1 Å². The molecule has 0 spiro atoms. The molecule has 9 nitrogen and oxygen atoms in total. The topological polar surface area (TPSA) is 108 Å². The van der Waals surface area contributed by atoms with Gasteiger partial charge < -0.3 is 20.6 Å². The summed E-state index contributed by atoms with van der Waals surface area (Å²) in [5.74, 6) is 0.474. The number of likely N-dealkylation sites (N-methyl/N-ethyl adjacent to an activating group) is 1. The van der Waals surface area contributed by atoms with E-state index in [1.54, 1.807) is 34.8 Å². The van der Waals surface area contributed by atoms with Gasteiger partial charge in [0.1, 0.15) is 17.5 Å². The van der Waals surface area contributed by atoms with E-state index in [0.29, 0.717) is 42.8 Å². The first-order valence-electron chi connectivity index (χ1n) is 10.5. The Labute approximate surface area is 185 Å². The number of anilines is 3. The molecule has 0 fully saturated rings. The maximum absolute atomic E-state index is 13.1. The standard InChI is InChI=1S/C22H26FN7O2/c1-4-30-19(14(3)31)21(32)27-18-13(2)26-22(28-20(18)30)24-9-16-10-25-29(12-16)11-15-5-7-17(23)8-6-15/h5-8,10,12,14,19,31H,4,9,11H2,1-3H3,(H,27,32)(H,24,26,28)/t14-,19-/m0/s1. The van der Waals surface area contributed by atoms with Gasteiger partial charge in [0.15, 0.2) is 5.82 Å². The van der Waals surface area contributed by atoms with Crippen LogP contribution >= 0.6 is 0 Å². The second-order valence-electron chi connectivity index (χ2n) is 7.82. The van der Waals surface area contributed by atoms with Crippen LogP contribution in [0.3, 0.4) is 0 Å². The van der Waals surface area contributed by atoms with E-state index in [1.165, 1.54) is 12.1 Å². The SMILES string of the molecule is CCN1c2nc(NCc3cnn(Cc4ccc(F)cc4)c3)nc(C)c2NC(=O)[C@@H]1[C@H](C)O. The highest BCUT2D eigenvalue weighted by atomic mass is 19.1. The van der Waals surface area contributed by atoms with Crippen molar-refractivity contribution in [2.45, 2.75) is 46.0 Å². The minimum Gasteiger partial charge on any atom is -0.391 e. The summed E-state index contributed by atoms with van der Waals surface area (Å²) in [7, 11) is 0. The van der Waals surface area contributed by atoms with Crippen LogP contribution in [-0.2, 0) is 17.9 Å². The summed E-state index contributed by atoms with van der Waals surface area (Å²) in [5, 5.41) is 20.5. The number of aliphatic hydroxyl groups is 1. The fourth-order valence-electron chi connectivity index (χ4n) is 3.83. The molecule has 3 heterocycles. The highest BCUT2D eigenvalue weighted by Crippen LogP contribution is 2.34. The average molecular weight is 439 g/mol. The van der Waals surface area contributed by atoms with E-state index in [4.69, 9.17) is 0 Å². The van der Waals surface area contributed by atoms with E-state index in [9.17, 15) is 14.3 Å². The van der Waals surface area contributed by atoms with Gasteiger partial charge in [-0.1, -0.05) is 12.1 Å². The summed E-state index contributed by atoms with van der Waals surface area (Å²) in [6, 6.07) is 5.62. The van der Waals surface area contributed by atoms with Crippen LogP contribution in [0, 0.1) is 12.7 Å². The molecule has 0 unspecified atom stereocenters. The van der Waals surface area contributed by atoms with Crippen LogP contribution in [0.4, 0.5) is 21.8 Å². The molecular formula is C22H26FN7O2. The molecule has 0 saturated carbocycles. The number of hydrogen-bond donors (Lipinski definition) is 3. The van der Waals surface area contributed by atoms with Gasteiger partial charge in [-0.2, -0.15) is 10.1 Å². The molecule has 1 amide bonds. The van der Waals surface area contributed by atoms with E-state index >= 15 is 0 Å². The third-order valence-electron chi connectivity index (χ3n) is 5.39. The molecule has 2 aromatic heterocycles. The molecule has 10 heteroatoms. The minimum absolute atomic E-state index is 0.264. The number of amides is 1. The lowest BCUT2D eigenvalue weighted by Gasteiger charge is -2.38. The molecule has 0 aliphatic carbocycles. The first kappa shape index (κ1) is 21.7. The fraction of sp³-hybridized carbons (Fsp3) is 0.364. The monoisotopic (exact) mass is 439 g/mol. The van der Waals surface area contributed by atoms with Crippen molar-refractivity contribution < 1.29 is 14.3 Å². The molecule has 0 saturated heterocycles. The molecule has 0 radical (unpaired) electrons. The quantitative estimate of drug-likeness (QED) is 0.518. The smallest absolute Gasteiger partial charge is 0.249 e. The summed E-state index contributed by atoms with van der Waals surface area (Å²) < 4.78 is 14.9. The first-order valence-corrected chi connectivity index (χ1v) is 10.5. The molecule has 3 N–H and O–H groups in total. The number of fused-ring (bicyclic) bond motifs is 1. The Morgan fingerprint density at radius 2 is 2.00 bits per heavy atom. The summed E-state index contributed by atoms with van der Waals surface area (Å²) in [5.41, 5.74) is 3.09. The van der Waals surface area contributed by atoms with Crippen molar-refractivity contribution in [3.05, 3.63) is 59.3 Å². The molecule has 32 heavy (non-hydrogen) atoms. The highest BCUT2D eigenvalue weighted by Gasteiger charge is 2.37. The van der Waals surface area contributed by atoms with Gasteiger partial charge in [-0.15, -0.1) is 0 Å². The number of benzene rings is 1. The Bertz CT molecular complexity index is 1110. The van der Waals surface area contributed by atoms with Gasteiger partial charge in [0.25, 0.3) is 0 Å². The molecule has 1 aliphatic rings. The van der Waals surface area contributed by atoms with E-state index in [2.05, 4.69) is 25.7 Å². The van der Waals surface area contributed by atoms with E-state index in [1.807, 2.05) is 20.0 Å². The van der Waals surface area contributed by atoms with Gasteiger partial charge in [-0.25, -0.2) is 9.37 Å². The zero-order chi connectivity index (χ0) is 22.8. The summed E-state index contributed by atoms with van der Waals surface area (Å²) in [4.78, 5) is 23.3. The summed E-state index contributed by atoms with van der Waals surface area (Å²) >= 11 is 0. The van der Waals surface area contributed by atoms with E-state index < -0.39 is 12.1 Å². The van der Waals surface area contributed by atoms with Crippen LogP contribution in [0.15, 0.2) is 36.7 Å². The third kappa shape index (κ3) is 4.40. The molecule has 168 valence electrons. The molecule has 2 atom stereocenters. The Hall–Kier alpha value is -3.53. The van der Waals surface area contributed by atoms with Crippen LogP contribution in [0.5, 0.6) is 0 Å². The van der Waals surface area contributed by atoms with Crippen molar-refractivity contribution in [3.8, 4) is 0 Å². The number of aryl methyl sites for hydroxylation is 1. The largest absolute Gasteiger partial charge is 0.391 e. The maximum atomic E-state index is 13.1. The molecule has 0 bridgehead atoms. The minimum atomic E-state index is -0.846. The predicted octanol–water partition coefficient (Wildman–Crippen LogP) is 2.31. The summed E-state index contributed by atoms with van der Waals surface area (Å²) in [6.45, 7) is 6.83. The second-order valence-corrected chi connectivity index (χ2v) is 7.82. The Balaban J connectivity index is 1.48. The Morgan fingerprint density at radius 3 is 2.69 bits per heavy atom. The zero-order valence-corrected chi connectivity index (χ0v) is 18.2. The third-order valence-corrected chi connectivity index (χ3v) is 5.39. The number of aliphatic hydroxyl groups excluding tert-OH is 1. The Morgan fingerprint density at radius 1 is 1.25 bits per heavy atom. The van der Waals surface area contributed by atoms with Crippen molar-refractivity contribution in [1.29, 1.82) is 0 Å². The van der Waals surface area contributed by atoms with Crippen LogP contribution in [0.25, 0.3) is 0 Å². The number of nitrogens with zero attached hydrogens (tertiary/aromatic N) is 5. The highest BCUT2D eigenvalue weighted by molar-refractivity contribution is 6.03. The summed E-state index contributed by atoms with van der Waals surface area (Å²) in [6.07, 6.45) is 2.81. The van der Waals surface area contributed by atoms with Crippen molar-refractivity contribution in [1.82, 2.24) is 19.7 Å². The first-order chi connectivity index (χ1) is 15.4. The number of carbonyl (C=O) groups is 1. The van der Waals surface area contributed by atoms with Gasteiger partial charge in [0, 0.05) is 24.8 Å². The van der Waals surface area contributed by atoms with Crippen molar-refractivity contribution in [2.24, 2.45) is 0 Å². The fourth-order valence-corrected chi connectivity index (χ4v) is 3.83. The molecular weight excluding hydrogens is 413 g/mol. The van der Waals surface area contributed by atoms with Crippen LogP contribution in [0.2, 0.25) is 0 Å². The van der Waals surface area contributed by atoms with Gasteiger partial charge in [-0.05, 0) is 38.5 Å². The van der Waals surface area contributed by atoms with Crippen LogP contribution in [0.1, 0.15) is 30.7 Å². The molecule has 4 rings (SSSR count). The van der Waals surface area contributed by atoms with Gasteiger partial charge in [-0.3, -0.25) is 9.48 Å². The van der Waals surface area contributed by atoms with Gasteiger partial charge in [0.05, 0.1) is 24.5 Å². The number of carbonyl (C=O) groups excluding carboxylic acids is 1. The lowest BCUT2D eigenvalue weighted by Crippen LogP contribution is -2.54. The van der Waals surface area contributed by atoms with E-state index in [-0.39, 0.29) is 11.7 Å². The van der Waals surface area contributed by atoms with Crippen LogP contribution < -0.4 is 15.5 Å². The van der Waals surface area contributed by atoms with Crippen LogP contribution in [-0.4, -0.2) is 49.5 Å². The molecule has 1 aliphatic heterocycles. The van der Waals surface area contributed by atoms with Gasteiger partial charge in [0.2, 0.25) is 11.9 Å². The molecule has 3 aromatic rings. The number of hydrogen-bond acceptors (Lipinski definition) is 7. The Kier molecular flexibility index (Phi) is 6.04. The number of aromatic nitrogens is 4. The maximum Gasteiger partial charge on any atom is 0.249 e. The number of nitrogens with one attached hydrogen (secondary N) is 2. The zero-order valence-electron chi connectivity index (χ0n) is 18.2. The van der Waals surface area contributed by atoms with E-state index in [0.717, 1.165) is 11.1 Å². The number of halogens is 1. The lowest BCUT2D eigenvalue weighted by atomic mass is 10.1. The molecule has 1 aromatic carbocycles. The van der Waals surface area contributed by atoms with Crippen molar-refractivity contribution in [3.63, 3.8) is 0 Å². The second kappa shape index (κ2) is 8.91. The predicted molar refractivity (Wildman–Crippen MR) is 119 cm³/mol.